The number of hydrogen-bond donors (Lipinski definition) is 1. The third-order valence-corrected chi connectivity index (χ3v) is 2.11. The van der Waals surface area contributed by atoms with Crippen LogP contribution in [-0.4, -0.2) is 5.91 Å². The molecule has 2 aromatic rings. The molecule has 0 aliphatic heterocycles. The van der Waals surface area contributed by atoms with Crippen molar-refractivity contribution in [3.8, 4) is 0 Å². The summed E-state index contributed by atoms with van der Waals surface area (Å²) in [5.41, 5.74) is 6.18. The number of benzene rings is 1. The van der Waals surface area contributed by atoms with Crippen LogP contribution in [0.25, 0.3) is 10.9 Å². The van der Waals surface area contributed by atoms with Crippen LogP contribution in [-0.2, 0) is 11.3 Å². The average Bonchev–Trinajstić information content (AvgIpc) is 2.18. The van der Waals surface area contributed by atoms with Crippen molar-refractivity contribution in [3.05, 3.63) is 42.6 Å². The standard InChI is InChI=1S/C11H10N2O.HI/c12-11(14)8-13-7-3-5-9-4-1-2-6-10(9)13;/h1-7H,8H2,(H-,12,14);1H. The molecule has 0 saturated carbocycles. The monoisotopic (exact) mass is 314 g/mol. The van der Waals surface area contributed by atoms with Crippen LogP contribution in [0.3, 0.4) is 0 Å². The number of carbonyl (C=O) groups excluding carboxylic acids is 1. The lowest BCUT2D eigenvalue weighted by Gasteiger charge is -1.97. The molecule has 0 saturated heterocycles. The van der Waals surface area contributed by atoms with Gasteiger partial charge in [0.05, 0.1) is 0 Å². The van der Waals surface area contributed by atoms with E-state index in [1.807, 2.05) is 47.2 Å². The molecular weight excluding hydrogens is 303 g/mol. The van der Waals surface area contributed by atoms with Crippen LogP contribution in [0.15, 0.2) is 42.6 Å². The topological polar surface area (TPSA) is 47.0 Å². The summed E-state index contributed by atoms with van der Waals surface area (Å²) in [6.07, 6.45) is 1.85. The van der Waals surface area contributed by atoms with Gasteiger partial charge in [-0.25, -0.2) is 0 Å². The Balaban J connectivity index is 0.00000112. The molecule has 0 fully saturated rings. The molecule has 2 N–H and O–H groups in total. The fraction of sp³-hybridized carbons (Fsp3) is 0.0909. The second kappa shape index (κ2) is 5.06. The predicted molar refractivity (Wildman–Crippen MR) is 53.3 cm³/mol. The normalized spacial score (nSPS) is 9.60. The highest BCUT2D eigenvalue weighted by Crippen LogP contribution is 2.07. The minimum absolute atomic E-state index is 0. The zero-order valence-corrected chi connectivity index (χ0v) is 10.2. The molecule has 4 heteroatoms. The molecule has 1 heterocycles. The van der Waals surface area contributed by atoms with Crippen molar-refractivity contribution in [2.45, 2.75) is 6.54 Å². The molecule has 78 valence electrons. The quantitative estimate of drug-likeness (QED) is 0.488. The first kappa shape index (κ1) is 11.9. The molecule has 1 amide bonds. The molecular formula is C11H11IN2O. The first-order chi connectivity index (χ1) is 6.77. The van der Waals surface area contributed by atoms with Crippen molar-refractivity contribution in [1.82, 2.24) is 0 Å². The van der Waals surface area contributed by atoms with Gasteiger partial charge in [-0.05, 0) is 12.1 Å². The molecule has 2 rings (SSSR count). The highest BCUT2D eigenvalue weighted by atomic mass is 127. The number of hydrogen-bond acceptors (Lipinski definition) is 1. The molecule has 0 bridgehead atoms. The Morgan fingerprint density at radius 2 is 1.87 bits per heavy atom. The van der Waals surface area contributed by atoms with Gasteiger partial charge >= 0.3 is 0 Å². The van der Waals surface area contributed by atoms with Crippen molar-refractivity contribution >= 4 is 16.8 Å². The maximum Gasteiger partial charge on any atom is 0.283 e. The van der Waals surface area contributed by atoms with Gasteiger partial charge in [0.1, 0.15) is 0 Å². The number of para-hydroxylation sites is 1. The van der Waals surface area contributed by atoms with E-state index in [0.29, 0.717) is 0 Å². The number of carbonyl (C=O) groups is 1. The summed E-state index contributed by atoms with van der Waals surface area (Å²) in [7, 11) is 0. The fourth-order valence-electron chi connectivity index (χ4n) is 1.53. The number of nitrogens with two attached hydrogens (primary N) is 1. The highest BCUT2D eigenvalue weighted by Gasteiger charge is 2.09. The second-order valence-electron chi connectivity index (χ2n) is 3.16. The van der Waals surface area contributed by atoms with Crippen molar-refractivity contribution < 1.29 is 33.3 Å². The van der Waals surface area contributed by atoms with Gasteiger partial charge in [0, 0.05) is 17.5 Å². The van der Waals surface area contributed by atoms with Gasteiger partial charge < -0.3 is 29.7 Å². The van der Waals surface area contributed by atoms with Crippen molar-refractivity contribution in [1.29, 1.82) is 0 Å². The summed E-state index contributed by atoms with van der Waals surface area (Å²) in [5.74, 6) is -0.327. The number of primary amides is 1. The van der Waals surface area contributed by atoms with Crippen LogP contribution in [0.1, 0.15) is 0 Å². The lowest BCUT2D eigenvalue weighted by Crippen LogP contribution is -3.00. The number of aromatic nitrogens is 1. The van der Waals surface area contributed by atoms with Crippen molar-refractivity contribution in [2.24, 2.45) is 5.73 Å². The molecule has 0 aliphatic rings. The molecule has 0 aliphatic carbocycles. The summed E-state index contributed by atoms with van der Waals surface area (Å²) < 4.78 is 1.84. The maximum absolute atomic E-state index is 10.8. The number of fused-ring (bicyclic) bond motifs is 1. The smallest absolute Gasteiger partial charge is 0.283 e. The summed E-state index contributed by atoms with van der Waals surface area (Å²) in [6, 6.07) is 11.8. The molecule has 0 atom stereocenters. The number of amides is 1. The Labute approximate surface area is 105 Å². The van der Waals surface area contributed by atoms with E-state index in [9.17, 15) is 4.79 Å². The Bertz CT molecular complexity index is 479. The minimum Gasteiger partial charge on any atom is -1.00 e. The first-order valence-corrected chi connectivity index (χ1v) is 4.43. The van der Waals surface area contributed by atoms with Crippen LogP contribution in [0.5, 0.6) is 0 Å². The molecule has 0 unspecified atom stereocenters. The summed E-state index contributed by atoms with van der Waals surface area (Å²) in [5, 5.41) is 1.11. The zero-order chi connectivity index (χ0) is 9.97. The first-order valence-electron chi connectivity index (χ1n) is 4.43. The molecule has 0 radical (unpaired) electrons. The van der Waals surface area contributed by atoms with Crippen LogP contribution >= 0.6 is 0 Å². The lowest BCUT2D eigenvalue weighted by molar-refractivity contribution is -0.658. The number of pyridine rings is 1. The van der Waals surface area contributed by atoms with Crippen LogP contribution < -0.4 is 34.3 Å². The molecule has 0 spiro atoms. The second-order valence-corrected chi connectivity index (χ2v) is 3.16. The van der Waals surface area contributed by atoms with Gasteiger partial charge in [0.15, 0.2) is 6.20 Å². The Morgan fingerprint density at radius 1 is 1.20 bits per heavy atom. The minimum atomic E-state index is -0.327. The van der Waals surface area contributed by atoms with Gasteiger partial charge in [-0.15, -0.1) is 0 Å². The lowest BCUT2D eigenvalue weighted by atomic mass is 10.2. The zero-order valence-electron chi connectivity index (χ0n) is 8.06. The Morgan fingerprint density at radius 3 is 2.60 bits per heavy atom. The average molecular weight is 314 g/mol. The van der Waals surface area contributed by atoms with Crippen molar-refractivity contribution in [2.75, 3.05) is 0 Å². The van der Waals surface area contributed by atoms with Crippen LogP contribution in [0.2, 0.25) is 0 Å². The fourth-order valence-corrected chi connectivity index (χ4v) is 1.53. The van der Waals surface area contributed by atoms with E-state index in [0.717, 1.165) is 10.9 Å². The molecule has 3 nitrogen and oxygen atoms in total. The number of nitrogens with zero attached hydrogens (tertiary/aromatic N) is 1. The van der Waals surface area contributed by atoms with Gasteiger partial charge in [0.25, 0.3) is 5.91 Å². The number of halogens is 1. The summed E-state index contributed by atoms with van der Waals surface area (Å²) in [6.45, 7) is 0.224. The van der Waals surface area contributed by atoms with E-state index in [4.69, 9.17) is 5.73 Å². The van der Waals surface area contributed by atoms with E-state index < -0.39 is 0 Å². The predicted octanol–water partition coefficient (Wildman–Crippen LogP) is -2.38. The molecule has 1 aromatic heterocycles. The van der Waals surface area contributed by atoms with Crippen LogP contribution in [0.4, 0.5) is 0 Å². The van der Waals surface area contributed by atoms with E-state index >= 15 is 0 Å². The SMILES string of the molecule is NC(=O)C[n+]1cccc2ccccc21.[I-]. The summed E-state index contributed by atoms with van der Waals surface area (Å²) in [4.78, 5) is 10.8. The van der Waals surface area contributed by atoms with Gasteiger partial charge in [-0.3, -0.25) is 4.79 Å². The van der Waals surface area contributed by atoms with E-state index in [1.165, 1.54) is 0 Å². The van der Waals surface area contributed by atoms with Crippen LogP contribution in [0, 0.1) is 0 Å². The largest absolute Gasteiger partial charge is 1.00 e. The Kier molecular flexibility index (Phi) is 4.02. The third kappa shape index (κ3) is 2.65. The van der Waals surface area contributed by atoms with E-state index in [1.54, 1.807) is 0 Å². The van der Waals surface area contributed by atoms with Crippen molar-refractivity contribution in [3.63, 3.8) is 0 Å². The maximum atomic E-state index is 10.8. The summed E-state index contributed by atoms with van der Waals surface area (Å²) >= 11 is 0. The molecule has 15 heavy (non-hydrogen) atoms. The van der Waals surface area contributed by atoms with E-state index in [2.05, 4.69) is 0 Å². The third-order valence-electron chi connectivity index (χ3n) is 2.11. The van der Waals surface area contributed by atoms with Gasteiger partial charge in [-0.2, -0.15) is 4.57 Å². The van der Waals surface area contributed by atoms with E-state index in [-0.39, 0.29) is 36.4 Å². The van der Waals surface area contributed by atoms with Gasteiger partial charge in [-0.1, -0.05) is 12.1 Å². The Hall–Kier alpha value is -1.17. The number of rotatable bonds is 2. The highest BCUT2D eigenvalue weighted by molar-refractivity contribution is 5.76. The molecule has 1 aromatic carbocycles. The van der Waals surface area contributed by atoms with Gasteiger partial charge in [0.2, 0.25) is 12.1 Å².